The number of nitrogens with zero attached hydrogens (tertiary/aromatic N) is 1. The van der Waals surface area contributed by atoms with E-state index in [1.165, 1.54) is 0 Å². The molecule has 0 unspecified atom stereocenters. The summed E-state index contributed by atoms with van der Waals surface area (Å²) in [6.45, 7) is 5.02. The van der Waals surface area contributed by atoms with Gasteiger partial charge in [0.15, 0.2) is 0 Å². The first-order valence-corrected chi connectivity index (χ1v) is 5.29. The molecular weight excluding hydrogens is 166 g/mol. The van der Waals surface area contributed by atoms with E-state index in [2.05, 4.69) is 11.8 Å². The largest absolute Gasteiger partial charge is 0.395 e. The third kappa shape index (κ3) is 3.25. The second-order valence-corrected chi connectivity index (χ2v) is 3.93. The molecule has 0 bridgehead atoms. The molecule has 78 valence electrons. The van der Waals surface area contributed by atoms with Crippen molar-refractivity contribution in [2.75, 3.05) is 26.2 Å². The SMILES string of the molecule is CCC[C@H]1CN(CCO)CC[C@H]1O. The Morgan fingerprint density at radius 1 is 1.46 bits per heavy atom. The Morgan fingerprint density at radius 2 is 2.23 bits per heavy atom. The normalized spacial score (nSPS) is 30.7. The average molecular weight is 187 g/mol. The third-order valence-electron chi connectivity index (χ3n) is 2.85. The molecule has 0 spiro atoms. The van der Waals surface area contributed by atoms with E-state index in [1.807, 2.05) is 0 Å². The van der Waals surface area contributed by atoms with Gasteiger partial charge in [-0.25, -0.2) is 0 Å². The lowest BCUT2D eigenvalue weighted by Crippen LogP contribution is -2.44. The van der Waals surface area contributed by atoms with Crippen LogP contribution >= 0.6 is 0 Å². The van der Waals surface area contributed by atoms with Gasteiger partial charge in [0.05, 0.1) is 12.7 Å². The summed E-state index contributed by atoms with van der Waals surface area (Å²) < 4.78 is 0. The van der Waals surface area contributed by atoms with Gasteiger partial charge in [-0.3, -0.25) is 0 Å². The van der Waals surface area contributed by atoms with Crippen molar-refractivity contribution in [3.05, 3.63) is 0 Å². The van der Waals surface area contributed by atoms with E-state index < -0.39 is 0 Å². The number of likely N-dealkylation sites (tertiary alicyclic amines) is 1. The van der Waals surface area contributed by atoms with Crippen molar-refractivity contribution in [3.63, 3.8) is 0 Å². The quantitative estimate of drug-likeness (QED) is 0.672. The highest BCUT2D eigenvalue weighted by Crippen LogP contribution is 2.21. The van der Waals surface area contributed by atoms with Crippen LogP contribution in [0.15, 0.2) is 0 Å². The van der Waals surface area contributed by atoms with Gasteiger partial charge in [-0.05, 0) is 18.8 Å². The number of rotatable bonds is 4. The number of piperidine rings is 1. The van der Waals surface area contributed by atoms with Gasteiger partial charge in [0, 0.05) is 19.6 Å². The van der Waals surface area contributed by atoms with Crippen LogP contribution in [0.4, 0.5) is 0 Å². The van der Waals surface area contributed by atoms with Crippen LogP contribution in [0.5, 0.6) is 0 Å². The second kappa shape index (κ2) is 5.58. The van der Waals surface area contributed by atoms with Crippen molar-refractivity contribution < 1.29 is 10.2 Å². The van der Waals surface area contributed by atoms with E-state index in [4.69, 9.17) is 5.11 Å². The van der Waals surface area contributed by atoms with Gasteiger partial charge in [0.2, 0.25) is 0 Å². The van der Waals surface area contributed by atoms with Crippen molar-refractivity contribution in [2.24, 2.45) is 5.92 Å². The van der Waals surface area contributed by atoms with Crippen molar-refractivity contribution in [1.82, 2.24) is 4.90 Å². The fraction of sp³-hybridized carbons (Fsp3) is 1.00. The highest BCUT2D eigenvalue weighted by molar-refractivity contribution is 4.79. The van der Waals surface area contributed by atoms with E-state index in [-0.39, 0.29) is 12.7 Å². The second-order valence-electron chi connectivity index (χ2n) is 3.93. The first kappa shape index (κ1) is 11.0. The monoisotopic (exact) mass is 187 g/mol. The highest BCUT2D eigenvalue weighted by atomic mass is 16.3. The molecule has 3 nitrogen and oxygen atoms in total. The van der Waals surface area contributed by atoms with E-state index in [1.54, 1.807) is 0 Å². The van der Waals surface area contributed by atoms with E-state index >= 15 is 0 Å². The topological polar surface area (TPSA) is 43.7 Å². The Kier molecular flexibility index (Phi) is 4.70. The zero-order valence-electron chi connectivity index (χ0n) is 8.45. The van der Waals surface area contributed by atoms with Crippen LogP contribution in [0.25, 0.3) is 0 Å². The van der Waals surface area contributed by atoms with Crippen LogP contribution in [0, 0.1) is 5.92 Å². The van der Waals surface area contributed by atoms with Crippen molar-refractivity contribution in [1.29, 1.82) is 0 Å². The zero-order valence-corrected chi connectivity index (χ0v) is 8.45. The van der Waals surface area contributed by atoms with Gasteiger partial charge >= 0.3 is 0 Å². The van der Waals surface area contributed by atoms with Gasteiger partial charge in [-0.15, -0.1) is 0 Å². The lowest BCUT2D eigenvalue weighted by Gasteiger charge is -2.35. The molecule has 0 radical (unpaired) electrons. The summed E-state index contributed by atoms with van der Waals surface area (Å²) in [5, 5.41) is 18.5. The molecule has 0 aromatic heterocycles. The molecule has 2 atom stereocenters. The minimum atomic E-state index is -0.116. The first-order valence-electron chi connectivity index (χ1n) is 5.29. The van der Waals surface area contributed by atoms with E-state index in [9.17, 15) is 5.11 Å². The predicted molar refractivity (Wildman–Crippen MR) is 52.5 cm³/mol. The van der Waals surface area contributed by atoms with Crippen LogP contribution in [-0.4, -0.2) is 47.5 Å². The Morgan fingerprint density at radius 3 is 2.85 bits per heavy atom. The standard InChI is InChI=1S/C10H21NO2/c1-2-3-9-8-11(6-7-12)5-4-10(9)13/h9-10,12-13H,2-8H2,1H3/t9-,10+/m0/s1. The number of hydrogen-bond acceptors (Lipinski definition) is 3. The lowest BCUT2D eigenvalue weighted by molar-refractivity contribution is 0.0173. The molecule has 1 aliphatic rings. The predicted octanol–water partition coefficient (Wildman–Crippen LogP) is 0.462. The zero-order chi connectivity index (χ0) is 9.68. The number of hydrogen-bond donors (Lipinski definition) is 2. The molecule has 0 amide bonds. The maximum atomic E-state index is 9.70. The molecule has 1 aliphatic heterocycles. The van der Waals surface area contributed by atoms with Crippen LogP contribution in [0.3, 0.4) is 0 Å². The number of aliphatic hydroxyl groups is 2. The lowest BCUT2D eigenvalue weighted by atomic mass is 9.91. The maximum Gasteiger partial charge on any atom is 0.0592 e. The molecule has 1 heterocycles. The van der Waals surface area contributed by atoms with Crippen molar-refractivity contribution in [3.8, 4) is 0 Å². The molecule has 1 saturated heterocycles. The summed E-state index contributed by atoms with van der Waals surface area (Å²) in [6.07, 6.45) is 2.98. The van der Waals surface area contributed by atoms with Gasteiger partial charge in [-0.2, -0.15) is 0 Å². The van der Waals surface area contributed by atoms with Gasteiger partial charge in [-0.1, -0.05) is 13.3 Å². The molecule has 13 heavy (non-hydrogen) atoms. The highest BCUT2D eigenvalue weighted by Gasteiger charge is 2.26. The molecule has 0 saturated carbocycles. The van der Waals surface area contributed by atoms with Gasteiger partial charge < -0.3 is 15.1 Å². The smallest absolute Gasteiger partial charge is 0.0592 e. The Bertz CT molecular complexity index is 141. The van der Waals surface area contributed by atoms with Crippen molar-refractivity contribution in [2.45, 2.75) is 32.3 Å². The summed E-state index contributed by atoms with van der Waals surface area (Å²) in [5.41, 5.74) is 0. The summed E-state index contributed by atoms with van der Waals surface area (Å²) in [4.78, 5) is 2.24. The number of β-amino-alcohol motifs (C(OH)–C–C–N with tert-alkyl or cyclic N) is 1. The molecule has 2 N–H and O–H groups in total. The van der Waals surface area contributed by atoms with Gasteiger partial charge in [0.1, 0.15) is 0 Å². The Balaban J connectivity index is 2.33. The van der Waals surface area contributed by atoms with Crippen molar-refractivity contribution >= 4 is 0 Å². The van der Waals surface area contributed by atoms with Crippen LogP contribution in [-0.2, 0) is 0 Å². The minimum absolute atomic E-state index is 0.116. The van der Waals surface area contributed by atoms with E-state index in [0.29, 0.717) is 5.92 Å². The molecule has 1 fully saturated rings. The molecular formula is C10H21NO2. The molecule has 3 heteroatoms. The minimum Gasteiger partial charge on any atom is -0.395 e. The Hall–Kier alpha value is -0.120. The summed E-state index contributed by atoms with van der Waals surface area (Å²) in [6, 6.07) is 0. The summed E-state index contributed by atoms with van der Waals surface area (Å²) in [7, 11) is 0. The van der Waals surface area contributed by atoms with Crippen LogP contribution in [0.1, 0.15) is 26.2 Å². The summed E-state index contributed by atoms with van der Waals surface area (Å²) in [5.74, 6) is 0.422. The molecule has 0 aromatic carbocycles. The molecule has 0 aromatic rings. The van der Waals surface area contributed by atoms with Gasteiger partial charge in [0.25, 0.3) is 0 Å². The number of aliphatic hydroxyl groups excluding tert-OH is 2. The van der Waals surface area contributed by atoms with Crippen LogP contribution in [0.2, 0.25) is 0 Å². The average Bonchev–Trinajstić information content (AvgIpc) is 2.12. The van der Waals surface area contributed by atoms with Crippen LogP contribution < -0.4 is 0 Å². The summed E-state index contributed by atoms with van der Waals surface area (Å²) >= 11 is 0. The first-order chi connectivity index (χ1) is 6.27. The fourth-order valence-electron chi connectivity index (χ4n) is 2.09. The maximum absolute atomic E-state index is 9.70. The molecule has 1 rings (SSSR count). The Labute approximate surface area is 80.4 Å². The third-order valence-corrected chi connectivity index (χ3v) is 2.85. The fourth-order valence-corrected chi connectivity index (χ4v) is 2.09. The molecule has 0 aliphatic carbocycles. The van der Waals surface area contributed by atoms with E-state index in [0.717, 1.165) is 38.9 Å².